The smallest absolute Gasteiger partial charge is 0.00156 e. The summed E-state index contributed by atoms with van der Waals surface area (Å²) < 4.78 is 0. The van der Waals surface area contributed by atoms with Crippen LogP contribution in [0.1, 0.15) is 115 Å². The number of hydrogen-bond donors (Lipinski definition) is 0. The molecule has 1 nitrogen and oxygen atoms in total. The highest BCUT2D eigenvalue weighted by molar-refractivity contribution is 5.26. The topological polar surface area (TPSA) is 3.24 Å². The van der Waals surface area contributed by atoms with Gasteiger partial charge in [0.15, 0.2) is 0 Å². The van der Waals surface area contributed by atoms with Gasteiger partial charge >= 0.3 is 0 Å². The third kappa shape index (κ3) is 8.36. The lowest BCUT2D eigenvalue weighted by Crippen LogP contribution is -2.33. The minimum absolute atomic E-state index is 0.808. The number of nitrogens with zero attached hydrogens (tertiary/aromatic N) is 1. The van der Waals surface area contributed by atoms with Crippen molar-refractivity contribution in [1.29, 1.82) is 0 Å². The Morgan fingerprint density at radius 2 is 1.72 bits per heavy atom. The van der Waals surface area contributed by atoms with Gasteiger partial charge in [-0.1, -0.05) is 69.5 Å². The van der Waals surface area contributed by atoms with Gasteiger partial charge in [-0.15, -0.1) is 0 Å². The van der Waals surface area contributed by atoms with Crippen LogP contribution in [0.15, 0.2) is 35.9 Å². The molecule has 1 aliphatic heterocycles. The summed E-state index contributed by atoms with van der Waals surface area (Å²) in [6, 6.07) is 9.75. The summed E-state index contributed by atoms with van der Waals surface area (Å²) in [6.07, 6.45) is 18.8. The number of rotatable bonds is 11. The molecule has 3 rings (SSSR count). The van der Waals surface area contributed by atoms with E-state index in [4.69, 9.17) is 0 Å². The van der Waals surface area contributed by atoms with Crippen molar-refractivity contribution in [3.8, 4) is 0 Å². The van der Waals surface area contributed by atoms with Crippen LogP contribution in [0.25, 0.3) is 0 Å². The molecule has 0 bridgehead atoms. The fourth-order valence-corrected chi connectivity index (χ4v) is 6.07. The van der Waals surface area contributed by atoms with E-state index in [1.54, 1.807) is 11.1 Å². The molecule has 1 aromatic rings. The van der Waals surface area contributed by atoms with E-state index in [2.05, 4.69) is 62.9 Å². The summed E-state index contributed by atoms with van der Waals surface area (Å²) in [7, 11) is 0. The fourth-order valence-electron chi connectivity index (χ4n) is 6.07. The summed E-state index contributed by atoms with van der Waals surface area (Å²) in [5.41, 5.74) is 4.78. The zero-order chi connectivity index (χ0) is 22.8. The lowest BCUT2D eigenvalue weighted by molar-refractivity contribution is 0.191. The second kappa shape index (κ2) is 13.6. The molecular weight excluding hydrogens is 386 g/mol. The highest BCUT2D eigenvalue weighted by Gasteiger charge is 2.23. The van der Waals surface area contributed by atoms with Crippen molar-refractivity contribution in [2.45, 2.75) is 111 Å². The Hall–Kier alpha value is -1.08. The summed E-state index contributed by atoms with van der Waals surface area (Å²) in [5.74, 6) is 3.57. The number of aryl methyl sites for hydroxylation is 1. The van der Waals surface area contributed by atoms with E-state index in [0.717, 1.165) is 23.7 Å². The number of hydrogen-bond acceptors (Lipinski definition) is 1. The first-order chi connectivity index (χ1) is 15.6. The van der Waals surface area contributed by atoms with Crippen LogP contribution in [-0.4, -0.2) is 24.5 Å². The Bertz CT molecular complexity index is 656. The molecule has 0 radical (unpaired) electrons. The van der Waals surface area contributed by atoms with E-state index in [9.17, 15) is 0 Å². The molecule has 0 amide bonds. The molecule has 1 saturated carbocycles. The van der Waals surface area contributed by atoms with Crippen molar-refractivity contribution in [3.63, 3.8) is 0 Å². The van der Waals surface area contributed by atoms with Crippen molar-refractivity contribution < 1.29 is 0 Å². The zero-order valence-corrected chi connectivity index (χ0v) is 21.7. The lowest BCUT2D eigenvalue weighted by atomic mass is 9.76. The minimum atomic E-state index is 0.808. The van der Waals surface area contributed by atoms with Crippen LogP contribution in [0.2, 0.25) is 0 Å². The van der Waals surface area contributed by atoms with Crippen LogP contribution in [-0.2, 0) is 6.42 Å². The van der Waals surface area contributed by atoms with Crippen LogP contribution < -0.4 is 0 Å². The van der Waals surface area contributed by atoms with Gasteiger partial charge in [0.1, 0.15) is 0 Å². The molecule has 1 aromatic carbocycles. The summed E-state index contributed by atoms with van der Waals surface area (Å²) in [6.45, 7) is 13.3. The van der Waals surface area contributed by atoms with Gasteiger partial charge < -0.3 is 4.90 Å². The van der Waals surface area contributed by atoms with Crippen LogP contribution in [0.3, 0.4) is 0 Å². The summed E-state index contributed by atoms with van der Waals surface area (Å²) in [5, 5.41) is 0. The van der Waals surface area contributed by atoms with Crippen LogP contribution in [0, 0.1) is 17.8 Å². The molecule has 0 spiro atoms. The van der Waals surface area contributed by atoms with E-state index in [0.29, 0.717) is 0 Å². The molecule has 32 heavy (non-hydrogen) atoms. The quantitative estimate of drug-likeness (QED) is 0.313. The first kappa shape index (κ1) is 25.5. The lowest BCUT2D eigenvalue weighted by Gasteiger charge is -2.30. The predicted octanol–water partition coefficient (Wildman–Crippen LogP) is 8.79. The number of likely N-dealkylation sites (tertiary alicyclic amines) is 1. The molecule has 0 aromatic heterocycles. The Morgan fingerprint density at radius 3 is 2.34 bits per heavy atom. The molecule has 2 aliphatic rings. The Kier molecular flexibility index (Phi) is 10.8. The van der Waals surface area contributed by atoms with Gasteiger partial charge in [0, 0.05) is 0 Å². The van der Waals surface area contributed by atoms with E-state index < -0.39 is 0 Å². The standard InChI is InChI=1S/C31H51N/c1-5-27(6-2)24-26(4)9-10-29-13-17-31(18-14-29)30-15-11-28(12-16-30)8-7-21-32-22-19-25(3)20-23-32/h5,11-12,15-16,25-26,29,31H,6-10,13-14,17-24H2,1-4H3/b27-5-. The van der Waals surface area contributed by atoms with Gasteiger partial charge in [0.05, 0.1) is 0 Å². The first-order valence-electron chi connectivity index (χ1n) is 14.0. The van der Waals surface area contributed by atoms with E-state index >= 15 is 0 Å². The molecule has 1 atom stereocenters. The van der Waals surface area contributed by atoms with Gasteiger partial charge in [0.2, 0.25) is 0 Å². The third-order valence-electron chi connectivity index (χ3n) is 8.65. The van der Waals surface area contributed by atoms with E-state index in [1.807, 2.05) is 0 Å². The van der Waals surface area contributed by atoms with Crippen LogP contribution in [0.5, 0.6) is 0 Å². The maximum absolute atomic E-state index is 2.68. The van der Waals surface area contributed by atoms with Crippen LogP contribution >= 0.6 is 0 Å². The number of benzene rings is 1. The molecule has 1 aliphatic carbocycles. The van der Waals surface area contributed by atoms with Crippen LogP contribution in [0.4, 0.5) is 0 Å². The maximum Gasteiger partial charge on any atom is -0.00156 e. The van der Waals surface area contributed by atoms with E-state index in [1.165, 1.54) is 102 Å². The van der Waals surface area contributed by atoms with Crippen molar-refractivity contribution in [2.75, 3.05) is 19.6 Å². The normalized spacial score (nSPS) is 24.6. The van der Waals surface area contributed by atoms with Gasteiger partial charge in [0.25, 0.3) is 0 Å². The van der Waals surface area contributed by atoms with Crippen molar-refractivity contribution in [2.24, 2.45) is 17.8 Å². The Morgan fingerprint density at radius 1 is 1.03 bits per heavy atom. The number of piperidine rings is 1. The molecule has 180 valence electrons. The predicted molar refractivity (Wildman–Crippen MR) is 141 cm³/mol. The average Bonchev–Trinajstić information content (AvgIpc) is 2.83. The first-order valence-corrected chi connectivity index (χ1v) is 14.0. The zero-order valence-electron chi connectivity index (χ0n) is 21.7. The third-order valence-corrected chi connectivity index (χ3v) is 8.65. The van der Waals surface area contributed by atoms with Crippen molar-refractivity contribution >= 4 is 0 Å². The Labute approximate surface area is 200 Å². The average molecular weight is 438 g/mol. The van der Waals surface area contributed by atoms with Gasteiger partial charge in [-0.3, -0.25) is 0 Å². The molecule has 1 heterocycles. The molecule has 2 fully saturated rings. The molecular formula is C31H51N. The molecule has 1 saturated heterocycles. The summed E-state index contributed by atoms with van der Waals surface area (Å²) in [4.78, 5) is 2.68. The number of allylic oxidation sites excluding steroid dienone is 2. The fraction of sp³-hybridized carbons (Fsp3) is 0.742. The summed E-state index contributed by atoms with van der Waals surface area (Å²) >= 11 is 0. The van der Waals surface area contributed by atoms with Crippen molar-refractivity contribution in [3.05, 3.63) is 47.0 Å². The SMILES string of the molecule is C/C=C(/CC)CC(C)CCC1CCC(c2ccc(CCCN3CCC(C)CC3)cc2)CC1. The monoisotopic (exact) mass is 437 g/mol. The maximum atomic E-state index is 2.68. The van der Waals surface area contributed by atoms with Crippen molar-refractivity contribution in [1.82, 2.24) is 4.90 Å². The van der Waals surface area contributed by atoms with Gasteiger partial charge in [-0.25, -0.2) is 0 Å². The van der Waals surface area contributed by atoms with Gasteiger partial charge in [-0.05, 0) is 126 Å². The minimum Gasteiger partial charge on any atom is -0.303 e. The molecule has 1 heteroatoms. The van der Waals surface area contributed by atoms with E-state index in [-0.39, 0.29) is 0 Å². The Balaban J connectivity index is 1.33. The molecule has 0 N–H and O–H groups in total. The largest absolute Gasteiger partial charge is 0.303 e. The molecule has 1 unspecified atom stereocenters. The second-order valence-corrected chi connectivity index (χ2v) is 11.3. The van der Waals surface area contributed by atoms with Gasteiger partial charge in [-0.2, -0.15) is 0 Å². The highest BCUT2D eigenvalue weighted by Crippen LogP contribution is 2.38. The highest BCUT2D eigenvalue weighted by atomic mass is 15.1. The second-order valence-electron chi connectivity index (χ2n) is 11.3.